The molecule has 0 atom stereocenters. The molecular formula is C19H21BrN2O6. The van der Waals surface area contributed by atoms with Crippen molar-refractivity contribution >= 4 is 27.7 Å². The number of carbonyl (C=O) groups excluding carboxylic acids is 2. The summed E-state index contributed by atoms with van der Waals surface area (Å²) in [4.78, 5) is 24.4. The number of hydrogen-bond donors (Lipinski definition) is 2. The summed E-state index contributed by atoms with van der Waals surface area (Å²) in [5.41, 5.74) is 4.90. The van der Waals surface area contributed by atoms with Crippen molar-refractivity contribution < 1.29 is 28.5 Å². The third kappa shape index (κ3) is 6.43. The molecule has 2 aromatic carbocycles. The van der Waals surface area contributed by atoms with E-state index < -0.39 is 11.8 Å². The van der Waals surface area contributed by atoms with Crippen LogP contribution in [0.25, 0.3) is 0 Å². The molecule has 28 heavy (non-hydrogen) atoms. The molecule has 0 heterocycles. The second-order valence-electron chi connectivity index (χ2n) is 5.42. The average Bonchev–Trinajstić information content (AvgIpc) is 2.71. The molecule has 0 saturated heterocycles. The van der Waals surface area contributed by atoms with Gasteiger partial charge in [0.15, 0.2) is 18.1 Å². The summed E-state index contributed by atoms with van der Waals surface area (Å²) in [6.45, 7) is 0.377. The van der Waals surface area contributed by atoms with Gasteiger partial charge in [-0.1, -0.05) is 28.1 Å². The largest absolute Gasteiger partial charge is 0.493 e. The maximum Gasteiger partial charge on any atom is 0.276 e. The number of benzene rings is 2. The standard InChI is InChI=1S/C19H21BrN2O6/c1-25-9-10-27-15-8-7-13(20)11-14(15)19(24)22-21-18(23)12-28-17-6-4-3-5-16(17)26-2/h3-8,11H,9-10,12H2,1-2H3,(H,21,23)(H,22,24). The Labute approximate surface area is 171 Å². The fraction of sp³-hybridized carbons (Fsp3) is 0.263. The van der Waals surface area contributed by atoms with Crippen molar-refractivity contribution in [1.82, 2.24) is 10.9 Å². The van der Waals surface area contributed by atoms with Crippen LogP contribution in [0.2, 0.25) is 0 Å². The number of hydrazine groups is 1. The van der Waals surface area contributed by atoms with Crippen LogP contribution >= 0.6 is 15.9 Å². The summed E-state index contributed by atoms with van der Waals surface area (Å²) in [6.07, 6.45) is 0. The number of carbonyl (C=O) groups is 2. The Morgan fingerprint density at radius 1 is 0.929 bits per heavy atom. The maximum absolute atomic E-state index is 12.4. The molecule has 0 spiro atoms. The quantitative estimate of drug-likeness (QED) is 0.447. The van der Waals surface area contributed by atoms with Crippen LogP contribution in [0.1, 0.15) is 10.4 Å². The Hall–Kier alpha value is -2.78. The average molecular weight is 453 g/mol. The molecule has 0 saturated carbocycles. The number of hydrogen-bond acceptors (Lipinski definition) is 6. The van der Waals surface area contributed by atoms with Gasteiger partial charge in [-0.3, -0.25) is 20.4 Å². The van der Waals surface area contributed by atoms with Gasteiger partial charge in [-0.2, -0.15) is 0 Å². The fourth-order valence-corrected chi connectivity index (χ4v) is 2.51. The SMILES string of the molecule is COCCOc1ccc(Br)cc1C(=O)NNC(=O)COc1ccccc1OC. The summed E-state index contributed by atoms with van der Waals surface area (Å²) in [5.74, 6) is 0.242. The first-order valence-electron chi connectivity index (χ1n) is 8.31. The van der Waals surface area contributed by atoms with Gasteiger partial charge in [0.05, 0.1) is 19.3 Å². The van der Waals surface area contributed by atoms with Crippen molar-refractivity contribution in [3.05, 3.63) is 52.5 Å². The number of amides is 2. The van der Waals surface area contributed by atoms with Crippen LogP contribution < -0.4 is 25.1 Å². The topological polar surface area (TPSA) is 95.1 Å². The molecule has 150 valence electrons. The molecule has 0 unspecified atom stereocenters. The highest BCUT2D eigenvalue weighted by molar-refractivity contribution is 9.10. The van der Waals surface area contributed by atoms with Gasteiger partial charge in [0.2, 0.25) is 0 Å². The minimum absolute atomic E-state index is 0.261. The highest BCUT2D eigenvalue weighted by Crippen LogP contribution is 2.25. The van der Waals surface area contributed by atoms with Crippen LogP contribution in [0.15, 0.2) is 46.9 Å². The van der Waals surface area contributed by atoms with Gasteiger partial charge < -0.3 is 18.9 Å². The second-order valence-corrected chi connectivity index (χ2v) is 6.34. The number of halogens is 1. The van der Waals surface area contributed by atoms with Crippen molar-refractivity contribution in [2.45, 2.75) is 0 Å². The molecule has 9 heteroatoms. The Kier molecular flexibility index (Phi) is 8.57. The Balaban J connectivity index is 1.90. The van der Waals surface area contributed by atoms with E-state index in [4.69, 9.17) is 18.9 Å². The van der Waals surface area contributed by atoms with E-state index in [0.29, 0.717) is 28.3 Å². The van der Waals surface area contributed by atoms with Crippen molar-refractivity contribution in [2.75, 3.05) is 34.0 Å². The van der Waals surface area contributed by atoms with Gasteiger partial charge in [-0.05, 0) is 30.3 Å². The molecule has 2 N–H and O–H groups in total. The van der Waals surface area contributed by atoms with Crippen LogP contribution in [0.3, 0.4) is 0 Å². The van der Waals surface area contributed by atoms with E-state index in [2.05, 4.69) is 26.8 Å². The van der Waals surface area contributed by atoms with E-state index in [0.717, 1.165) is 0 Å². The van der Waals surface area contributed by atoms with E-state index in [1.165, 1.54) is 7.11 Å². The monoisotopic (exact) mass is 452 g/mol. The van der Waals surface area contributed by atoms with Gasteiger partial charge in [-0.25, -0.2) is 0 Å². The van der Waals surface area contributed by atoms with Crippen molar-refractivity contribution in [3.63, 3.8) is 0 Å². The Bertz CT molecular complexity index is 815. The lowest BCUT2D eigenvalue weighted by atomic mass is 10.2. The molecule has 2 rings (SSSR count). The normalized spacial score (nSPS) is 10.1. The lowest BCUT2D eigenvalue weighted by Gasteiger charge is -2.13. The number of rotatable bonds is 9. The first kappa shape index (κ1) is 21.5. The Morgan fingerprint density at radius 2 is 1.68 bits per heavy atom. The van der Waals surface area contributed by atoms with Crippen LogP contribution in [0.5, 0.6) is 17.2 Å². The van der Waals surface area contributed by atoms with Crippen LogP contribution in [0.4, 0.5) is 0 Å². The number of methoxy groups -OCH3 is 2. The second kappa shape index (κ2) is 11.2. The molecule has 0 aliphatic rings. The third-order valence-corrected chi connectivity index (χ3v) is 3.97. The molecular weight excluding hydrogens is 432 g/mol. The van der Waals surface area contributed by atoms with Crippen LogP contribution in [-0.4, -0.2) is 45.9 Å². The first-order chi connectivity index (χ1) is 13.5. The predicted octanol–water partition coefficient (Wildman–Crippen LogP) is 2.32. The third-order valence-electron chi connectivity index (χ3n) is 3.47. The number of para-hydroxylation sites is 2. The highest BCUT2D eigenvalue weighted by Gasteiger charge is 2.15. The molecule has 0 aliphatic heterocycles. The van der Waals surface area contributed by atoms with Gasteiger partial charge in [-0.15, -0.1) is 0 Å². The molecule has 0 aromatic heterocycles. The molecule has 2 aromatic rings. The molecule has 0 radical (unpaired) electrons. The summed E-state index contributed by atoms with van der Waals surface area (Å²) in [5, 5.41) is 0. The lowest BCUT2D eigenvalue weighted by molar-refractivity contribution is -0.123. The molecule has 0 fully saturated rings. The van der Waals surface area contributed by atoms with E-state index >= 15 is 0 Å². The molecule has 0 aliphatic carbocycles. The molecule has 2 amide bonds. The summed E-state index contributed by atoms with van der Waals surface area (Å²) in [7, 11) is 3.06. The van der Waals surface area contributed by atoms with E-state index in [1.807, 2.05) is 0 Å². The van der Waals surface area contributed by atoms with E-state index in [9.17, 15) is 9.59 Å². The maximum atomic E-state index is 12.4. The zero-order valence-electron chi connectivity index (χ0n) is 15.5. The van der Waals surface area contributed by atoms with E-state index in [-0.39, 0.29) is 18.8 Å². The minimum atomic E-state index is -0.531. The van der Waals surface area contributed by atoms with Crippen LogP contribution in [0, 0.1) is 0 Å². The molecule has 0 bridgehead atoms. The summed E-state index contributed by atoms with van der Waals surface area (Å²) in [6, 6.07) is 11.9. The van der Waals surface area contributed by atoms with Gasteiger partial charge in [0.1, 0.15) is 12.4 Å². The lowest BCUT2D eigenvalue weighted by Crippen LogP contribution is -2.44. The first-order valence-corrected chi connectivity index (χ1v) is 9.10. The smallest absolute Gasteiger partial charge is 0.276 e. The fourth-order valence-electron chi connectivity index (χ4n) is 2.15. The van der Waals surface area contributed by atoms with Crippen LogP contribution in [-0.2, 0) is 9.53 Å². The van der Waals surface area contributed by atoms with Crippen molar-refractivity contribution in [1.29, 1.82) is 0 Å². The minimum Gasteiger partial charge on any atom is -0.493 e. The zero-order chi connectivity index (χ0) is 20.4. The summed E-state index contributed by atoms with van der Waals surface area (Å²) < 4.78 is 21.7. The summed E-state index contributed by atoms with van der Waals surface area (Å²) >= 11 is 3.31. The van der Waals surface area contributed by atoms with E-state index in [1.54, 1.807) is 49.6 Å². The molecule has 8 nitrogen and oxygen atoms in total. The Morgan fingerprint density at radius 3 is 2.39 bits per heavy atom. The van der Waals surface area contributed by atoms with Crippen molar-refractivity contribution in [2.24, 2.45) is 0 Å². The predicted molar refractivity (Wildman–Crippen MR) is 106 cm³/mol. The highest BCUT2D eigenvalue weighted by atomic mass is 79.9. The van der Waals surface area contributed by atoms with Gasteiger partial charge >= 0.3 is 0 Å². The number of ether oxygens (including phenoxy) is 4. The van der Waals surface area contributed by atoms with Crippen molar-refractivity contribution in [3.8, 4) is 17.2 Å². The zero-order valence-corrected chi connectivity index (χ0v) is 17.1. The van der Waals surface area contributed by atoms with Gasteiger partial charge in [0.25, 0.3) is 11.8 Å². The van der Waals surface area contributed by atoms with Gasteiger partial charge in [0, 0.05) is 11.6 Å². The number of nitrogens with one attached hydrogen (secondary N) is 2.